The monoisotopic (exact) mass is 347 g/mol. The summed E-state index contributed by atoms with van der Waals surface area (Å²) in [6.07, 6.45) is 0.820. The number of nitrogens with one attached hydrogen (secondary N) is 1. The van der Waals surface area contributed by atoms with E-state index in [4.69, 9.17) is 9.05 Å². The average Bonchev–Trinajstić information content (AvgIpc) is 2.56. The van der Waals surface area contributed by atoms with E-state index in [0.29, 0.717) is 13.2 Å². The SMILES string of the molecule is CCOP(=O)(Nc1c(CC)cccc1-c1ccc(C)cc1)OCC. The molecule has 0 saturated heterocycles. The Balaban J connectivity index is 2.50. The van der Waals surface area contributed by atoms with E-state index in [1.54, 1.807) is 13.8 Å². The molecule has 0 spiro atoms. The summed E-state index contributed by atoms with van der Waals surface area (Å²) in [5.74, 6) is 0. The van der Waals surface area contributed by atoms with Crippen LogP contribution in [0.15, 0.2) is 42.5 Å². The number of hydrogen-bond acceptors (Lipinski definition) is 3. The van der Waals surface area contributed by atoms with Crippen LogP contribution in [0, 0.1) is 6.92 Å². The van der Waals surface area contributed by atoms with E-state index in [1.807, 2.05) is 18.2 Å². The molecule has 0 aliphatic rings. The summed E-state index contributed by atoms with van der Waals surface area (Å²) in [6, 6.07) is 14.4. The van der Waals surface area contributed by atoms with Crippen LogP contribution in [0.3, 0.4) is 0 Å². The molecule has 1 N–H and O–H groups in total. The molecule has 0 amide bonds. The van der Waals surface area contributed by atoms with Crippen molar-refractivity contribution in [1.29, 1.82) is 0 Å². The smallest absolute Gasteiger partial charge is 0.293 e. The molecule has 0 aromatic heterocycles. The number of hydrogen-bond donors (Lipinski definition) is 1. The van der Waals surface area contributed by atoms with Gasteiger partial charge < -0.3 is 0 Å². The van der Waals surface area contributed by atoms with E-state index in [9.17, 15) is 4.57 Å². The lowest BCUT2D eigenvalue weighted by Crippen LogP contribution is -2.07. The molecular weight excluding hydrogens is 321 g/mol. The number of rotatable bonds is 8. The van der Waals surface area contributed by atoms with Gasteiger partial charge in [0, 0.05) is 5.56 Å². The molecule has 0 aliphatic carbocycles. The van der Waals surface area contributed by atoms with Crippen molar-refractivity contribution >= 4 is 13.4 Å². The zero-order valence-electron chi connectivity index (χ0n) is 14.8. The van der Waals surface area contributed by atoms with E-state index in [0.717, 1.165) is 28.8 Å². The summed E-state index contributed by atoms with van der Waals surface area (Å²) in [6.45, 7) is 8.38. The Labute approximate surface area is 144 Å². The van der Waals surface area contributed by atoms with Gasteiger partial charge in [-0.3, -0.25) is 14.1 Å². The van der Waals surface area contributed by atoms with Gasteiger partial charge in [-0.25, -0.2) is 4.57 Å². The van der Waals surface area contributed by atoms with Crippen molar-refractivity contribution in [3.05, 3.63) is 53.6 Å². The Kier molecular flexibility index (Phi) is 6.61. The maximum absolute atomic E-state index is 12.9. The quantitative estimate of drug-likeness (QED) is 0.612. The van der Waals surface area contributed by atoms with Crippen molar-refractivity contribution in [1.82, 2.24) is 0 Å². The third-order valence-corrected chi connectivity index (χ3v) is 5.43. The molecule has 2 aromatic carbocycles. The second-order valence-electron chi connectivity index (χ2n) is 5.50. The van der Waals surface area contributed by atoms with Crippen LogP contribution in [-0.4, -0.2) is 13.2 Å². The van der Waals surface area contributed by atoms with Crippen LogP contribution >= 0.6 is 7.75 Å². The summed E-state index contributed by atoms with van der Waals surface area (Å²) in [5, 5.41) is 3.07. The molecule has 5 heteroatoms. The zero-order valence-corrected chi connectivity index (χ0v) is 15.7. The number of para-hydroxylation sites is 1. The van der Waals surface area contributed by atoms with Gasteiger partial charge in [-0.05, 0) is 38.3 Å². The Morgan fingerprint density at radius 2 is 1.58 bits per heavy atom. The van der Waals surface area contributed by atoms with E-state index in [2.05, 4.69) is 43.2 Å². The second kappa shape index (κ2) is 8.48. The van der Waals surface area contributed by atoms with Gasteiger partial charge in [0.15, 0.2) is 0 Å². The van der Waals surface area contributed by atoms with Crippen molar-refractivity contribution in [2.24, 2.45) is 0 Å². The third-order valence-electron chi connectivity index (χ3n) is 3.74. The molecule has 2 aromatic rings. The molecule has 0 unspecified atom stereocenters. The van der Waals surface area contributed by atoms with Gasteiger partial charge in [0.1, 0.15) is 0 Å². The fourth-order valence-corrected chi connectivity index (χ4v) is 4.00. The highest BCUT2D eigenvalue weighted by Gasteiger charge is 2.26. The normalized spacial score (nSPS) is 11.5. The van der Waals surface area contributed by atoms with Gasteiger partial charge in [-0.2, -0.15) is 0 Å². The van der Waals surface area contributed by atoms with Gasteiger partial charge in [-0.15, -0.1) is 0 Å². The molecule has 130 valence electrons. The standard InChI is InChI=1S/C19H26NO3P/c1-5-16-9-8-10-18(17-13-11-15(4)12-14-17)19(16)20-24(21,22-6-2)23-7-3/h8-14H,5-7H2,1-4H3,(H,20,21). The Bertz CT molecular complexity index is 703. The molecule has 0 fully saturated rings. The minimum atomic E-state index is -3.39. The van der Waals surface area contributed by atoms with Crippen molar-refractivity contribution in [3.8, 4) is 11.1 Å². The summed E-state index contributed by atoms with van der Waals surface area (Å²) in [5.41, 5.74) is 5.16. The number of benzene rings is 2. The zero-order chi connectivity index (χ0) is 17.6. The van der Waals surface area contributed by atoms with Crippen LogP contribution < -0.4 is 5.09 Å². The van der Waals surface area contributed by atoms with Crippen molar-refractivity contribution in [2.45, 2.75) is 34.1 Å². The maximum atomic E-state index is 12.9. The molecular formula is C19H26NO3P. The van der Waals surface area contributed by atoms with E-state index in [-0.39, 0.29) is 0 Å². The average molecular weight is 347 g/mol. The second-order valence-corrected chi connectivity index (χ2v) is 7.24. The molecule has 4 nitrogen and oxygen atoms in total. The molecule has 0 heterocycles. The predicted molar refractivity (Wildman–Crippen MR) is 100 cm³/mol. The van der Waals surface area contributed by atoms with Crippen molar-refractivity contribution in [2.75, 3.05) is 18.3 Å². The Morgan fingerprint density at radius 3 is 2.12 bits per heavy atom. The molecule has 24 heavy (non-hydrogen) atoms. The van der Waals surface area contributed by atoms with Crippen LogP contribution in [0.4, 0.5) is 5.69 Å². The fourth-order valence-electron chi connectivity index (χ4n) is 2.58. The van der Waals surface area contributed by atoms with Crippen LogP contribution in [0.25, 0.3) is 11.1 Å². The first-order valence-electron chi connectivity index (χ1n) is 8.39. The molecule has 0 aliphatic heterocycles. The molecule has 0 bridgehead atoms. The predicted octanol–water partition coefficient (Wildman–Crippen LogP) is 5.82. The van der Waals surface area contributed by atoms with Crippen molar-refractivity contribution < 1.29 is 13.6 Å². The lowest BCUT2D eigenvalue weighted by Gasteiger charge is -2.22. The van der Waals surface area contributed by atoms with Crippen LogP contribution in [-0.2, 0) is 20.0 Å². The Morgan fingerprint density at radius 1 is 0.958 bits per heavy atom. The third kappa shape index (κ3) is 4.47. The van der Waals surface area contributed by atoms with E-state index >= 15 is 0 Å². The summed E-state index contributed by atoms with van der Waals surface area (Å²) in [7, 11) is -3.39. The van der Waals surface area contributed by atoms with Crippen LogP contribution in [0.2, 0.25) is 0 Å². The highest BCUT2D eigenvalue weighted by Crippen LogP contribution is 2.50. The molecule has 0 atom stereocenters. The highest BCUT2D eigenvalue weighted by molar-refractivity contribution is 7.55. The van der Waals surface area contributed by atoms with Crippen molar-refractivity contribution in [3.63, 3.8) is 0 Å². The van der Waals surface area contributed by atoms with Gasteiger partial charge in [0.25, 0.3) is 0 Å². The first-order valence-corrected chi connectivity index (χ1v) is 9.93. The number of aryl methyl sites for hydroxylation is 2. The van der Waals surface area contributed by atoms with Crippen LogP contribution in [0.1, 0.15) is 31.9 Å². The van der Waals surface area contributed by atoms with E-state index in [1.165, 1.54) is 5.56 Å². The largest absolute Gasteiger partial charge is 0.432 e. The fraction of sp³-hybridized carbons (Fsp3) is 0.368. The summed E-state index contributed by atoms with van der Waals surface area (Å²) >= 11 is 0. The van der Waals surface area contributed by atoms with Gasteiger partial charge in [-0.1, -0.05) is 55.0 Å². The lowest BCUT2D eigenvalue weighted by molar-refractivity contribution is 0.225. The topological polar surface area (TPSA) is 47.6 Å². The molecule has 0 radical (unpaired) electrons. The summed E-state index contributed by atoms with van der Waals surface area (Å²) < 4.78 is 23.7. The van der Waals surface area contributed by atoms with Gasteiger partial charge in [0.05, 0.1) is 18.9 Å². The minimum absolute atomic E-state index is 0.318. The minimum Gasteiger partial charge on any atom is -0.293 e. The summed E-state index contributed by atoms with van der Waals surface area (Å²) in [4.78, 5) is 0. The molecule has 2 rings (SSSR count). The number of anilines is 1. The first-order chi connectivity index (χ1) is 11.5. The van der Waals surface area contributed by atoms with Gasteiger partial charge in [0.2, 0.25) is 0 Å². The van der Waals surface area contributed by atoms with Gasteiger partial charge >= 0.3 is 7.75 Å². The van der Waals surface area contributed by atoms with E-state index < -0.39 is 7.75 Å². The lowest BCUT2D eigenvalue weighted by atomic mass is 9.98. The Hall–Kier alpha value is -1.61. The maximum Gasteiger partial charge on any atom is 0.432 e. The highest BCUT2D eigenvalue weighted by atomic mass is 31.2. The first kappa shape index (κ1) is 18.7. The van der Waals surface area contributed by atoms with Crippen LogP contribution in [0.5, 0.6) is 0 Å². The molecule has 0 saturated carbocycles.